The van der Waals surface area contributed by atoms with Crippen molar-refractivity contribution >= 4 is 23.2 Å². The Morgan fingerprint density at radius 1 is 1.00 bits per heavy atom. The Bertz CT molecular complexity index is 529. The molecule has 0 atom stereocenters. The number of benzene rings is 2. The predicted molar refractivity (Wildman–Crippen MR) is 67.2 cm³/mol. The molecule has 0 N–H and O–H groups in total. The summed E-state index contributed by atoms with van der Waals surface area (Å²) < 4.78 is 18.6. The van der Waals surface area contributed by atoms with Crippen molar-refractivity contribution in [1.82, 2.24) is 0 Å². The molecule has 0 saturated carbocycles. The van der Waals surface area contributed by atoms with Crippen LogP contribution in [0.4, 0.5) is 4.39 Å². The lowest BCUT2D eigenvalue weighted by molar-refractivity contribution is 0.290. The van der Waals surface area contributed by atoms with Crippen LogP contribution in [-0.4, -0.2) is 0 Å². The third-order valence-electron chi connectivity index (χ3n) is 2.22. The quantitative estimate of drug-likeness (QED) is 0.785. The Kier molecular flexibility index (Phi) is 3.87. The van der Waals surface area contributed by atoms with Crippen LogP contribution >= 0.6 is 23.2 Å². The van der Waals surface area contributed by atoms with Gasteiger partial charge in [-0.3, -0.25) is 0 Å². The minimum Gasteiger partial charge on any atom is -0.486 e. The summed E-state index contributed by atoms with van der Waals surface area (Å²) in [6.07, 6.45) is 0. The molecular weight excluding hydrogens is 262 g/mol. The van der Waals surface area contributed by atoms with Crippen molar-refractivity contribution in [3.63, 3.8) is 0 Å². The molecule has 4 heteroatoms. The lowest BCUT2D eigenvalue weighted by Gasteiger charge is -2.07. The zero-order valence-corrected chi connectivity index (χ0v) is 10.3. The van der Waals surface area contributed by atoms with E-state index in [1.807, 2.05) is 0 Å². The summed E-state index contributed by atoms with van der Waals surface area (Å²) in [4.78, 5) is 0. The highest BCUT2D eigenvalue weighted by molar-refractivity contribution is 6.42. The van der Waals surface area contributed by atoms with Gasteiger partial charge in [-0.15, -0.1) is 0 Å². The van der Waals surface area contributed by atoms with Gasteiger partial charge in [0, 0.05) is 0 Å². The minimum atomic E-state index is -0.382. The largest absolute Gasteiger partial charge is 0.486 e. The first-order valence-electron chi connectivity index (χ1n) is 4.98. The Morgan fingerprint density at radius 2 is 1.76 bits per heavy atom. The number of hydrogen-bond donors (Lipinski definition) is 0. The van der Waals surface area contributed by atoms with Crippen molar-refractivity contribution in [2.45, 2.75) is 6.61 Å². The van der Waals surface area contributed by atoms with Crippen LogP contribution in [0.2, 0.25) is 10.0 Å². The van der Waals surface area contributed by atoms with E-state index in [0.29, 0.717) is 10.0 Å². The van der Waals surface area contributed by atoms with Gasteiger partial charge in [-0.05, 0) is 29.8 Å². The van der Waals surface area contributed by atoms with E-state index in [2.05, 4.69) is 0 Å². The summed E-state index contributed by atoms with van der Waals surface area (Å²) in [6, 6.07) is 11.4. The van der Waals surface area contributed by atoms with E-state index in [-0.39, 0.29) is 18.2 Å². The van der Waals surface area contributed by atoms with Gasteiger partial charge >= 0.3 is 0 Å². The molecule has 0 radical (unpaired) electrons. The molecule has 0 bridgehead atoms. The van der Waals surface area contributed by atoms with Crippen molar-refractivity contribution in [2.75, 3.05) is 0 Å². The first-order valence-corrected chi connectivity index (χ1v) is 5.73. The Hall–Kier alpha value is -1.25. The molecule has 0 unspecified atom stereocenters. The van der Waals surface area contributed by atoms with E-state index in [0.717, 1.165) is 5.56 Å². The van der Waals surface area contributed by atoms with Gasteiger partial charge in [0.1, 0.15) is 6.61 Å². The maximum Gasteiger partial charge on any atom is 0.165 e. The van der Waals surface area contributed by atoms with Gasteiger partial charge < -0.3 is 4.74 Å². The molecule has 2 aromatic rings. The van der Waals surface area contributed by atoms with Crippen LogP contribution in [0.5, 0.6) is 5.75 Å². The van der Waals surface area contributed by atoms with Gasteiger partial charge in [-0.25, -0.2) is 4.39 Å². The fourth-order valence-electron chi connectivity index (χ4n) is 1.35. The third-order valence-corrected chi connectivity index (χ3v) is 2.95. The Labute approximate surface area is 109 Å². The summed E-state index contributed by atoms with van der Waals surface area (Å²) in [7, 11) is 0. The highest BCUT2D eigenvalue weighted by atomic mass is 35.5. The number of hydrogen-bond acceptors (Lipinski definition) is 1. The molecule has 0 heterocycles. The van der Waals surface area contributed by atoms with E-state index in [9.17, 15) is 4.39 Å². The molecule has 0 aliphatic carbocycles. The summed E-state index contributed by atoms with van der Waals surface area (Å²) in [5.74, 6) is -0.161. The van der Waals surface area contributed by atoms with E-state index in [1.165, 1.54) is 6.07 Å². The molecule has 0 saturated heterocycles. The summed E-state index contributed by atoms with van der Waals surface area (Å²) in [6.45, 7) is 0.248. The zero-order chi connectivity index (χ0) is 12.3. The minimum absolute atomic E-state index is 0.221. The van der Waals surface area contributed by atoms with Crippen molar-refractivity contribution in [1.29, 1.82) is 0 Å². The molecule has 1 nitrogen and oxygen atoms in total. The molecule has 88 valence electrons. The number of halogens is 3. The van der Waals surface area contributed by atoms with Crippen LogP contribution in [0.15, 0.2) is 42.5 Å². The smallest absolute Gasteiger partial charge is 0.165 e. The van der Waals surface area contributed by atoms with Gasteiger partial charge in [0.25, 0.3) is 0 Å². The number of para-hydroxylation sites is 1. The van der Waals surface area contributed by atoms with E-state index < -0.39 is 0 Å². The lowest BCUT2D eigenvalue weighted by Crippen LogP contribution is -1.97. The Balaban J connectivity index is 2.08. The van der Waals surface area contributed by atoms with E-state index >= 15 is 0 Å². The predicted octanol–water partition coefficient (Wildman–Crippen LogP) is 4.71. The maximum absolute atomic E-state index is 13.3. The molecule has 2 rings (SSSR count). The number of rotatable bonds is 3. The van der Waals surface area contributed by atoms with Crippen molar-refractivity contribution < 1.29 is 9.13 Å². The van der Waals surface area contributed by atoms with Crippen molar-refractivity contribution in [2.24, 2.45) is 0 Å². The van der Waals surface area contributed by atoms with Crippen LogP contribution in [0.25, 0.3) is 0 Å². The maximum atomic E-state index is 13.3. The number of ether oxygens (including phenoxy) is 1. The van der Waals surface area contributed by atoms with Gasteiger partial charge in [0.15, 0.2) is 11.6 Å². The van der Waals surface area contributed by atoms with Gasteiger partial charge in [-0.2, -0.15) is 0 Å². The van der Waals surface area contributed by atoms with Crippen LogP contribution in [0.1, 0.15) is 5.56 Å². The van der Waals surface area contributed by atoms with Crippen LogP contribution < -0.4 is 4.74 Å². The summed E-state index contributed by atoms with van der Waals surface area (Å²) in [5, 5.41) is 0.947. The van der Waals surface area contributed by atoms with Crippen molar-refractivity contribution in [3.05, 3.63) is 63.9 Å². The fraction of sp³-hybridized carbons (Fsp3) is 0.0769. The van der Waals surface area contributed by atoms with Gasteiger partial charge in [-0.1, -0.05) is 41.4 Å². The summed E-state index contributed by atoms with van der Waals surface area (Å²) in [5.41, 5.74) is 0.836. The lowest BCUT2D eigenvalue weighted by atomic mass is 10.2. The molecular formula is C13H9Cl2FO. The van der Waals surface area contributed by atoms with Crippen LogP contribution in [0.3, 0.4) is 0 Å². The standard InChI is InChI=1S/C13H9Cl2FO/c14-10-6-5-9(7-11(10)15)8-17-13-4-2-1-3-12(13)16/h1-7H,8H2. The third kappa shape index (κ3) is 3.11. The monoisotopic (exact) mass is 270 g/mol. The molecule has 0 aliphatic rings. The van der Waals surface area contributed by atoms with Crippen LogP contribution in [-0.2, 0) is 6.61 Å². The topological polar surface area (TPSA) is 9.23 Å². The van der Waals surface area contributed by atoms with Gasteiger partial charge in [0.2, 0.25) is 0 Å². The zero-order valence-electron chi connectivity index (χ0n) is 8.79. The van der Waals surface area contributed by atoms with E-state index in [1.54, 1.807) is 36.4 Å². The molecule has 0 fully saturated rings. The average Bonchev–Trinajstić information content (AvgIpc) is 2.32. The first kappa shape index (κ1) is 12.2. The normalized spacial score (nSPS) is 10.3. The highest BCUT2D eigenvalue weighted by Gasteiger charge is 2.03. The Morgan fingerprint density at radius 3 is 2.47 bits per heavy atom. The fourth-order valence-corrected chi connectivity index (χ4v) is 1.67. The SMILES string of the molecule is Fc1ccccc1OCc1ccc(Cl)c(Cl)c1. The average molecular weight is 271 g/mol. The second kappa shape index (κ2) is 5.39. The second-order valence-electron chi connectivity index (χ2n) is 3.47. The highest BCUT2D eigenvalue weighted by Crippen LogP contribution is 2.24. The molecule has 2 aromatic carbocycles. The molecule has 0 amide bonds. The van der Waals surface area contributed by atoms with Crippen LogP contribution in [0, 0.1) is 5.82 Å². The van der Waals surface area contributed by atoms with Crippen molar-refractivity contribution in [3.8, 4) is 5.75 Å². The molecule has 0 spiro atoms. The molecule has 0 aliphatic heterocycles. The first-order chi connectivity index (χ1) is 8.16. The van der Waals surface area contributed by atoms with Gasteiger partial charge in [0.05, 0.1) is 10.0 Å². The molecule has 0 aromatic heterocycles. The summed E-state index contributed by atoms with van der Waals surface area (Å²) >= 11 is 11.7. The van der Waals surface area contributed by atoms with E-state index in [4.69, 9.17) is 27.9 Å². The molecule has 17 heavy (non-hydrogen) atoms. The second-order valence-corrected chi connectivity index (χ2v) is 4.28.